The molecule has 0 saturated carbocycles. The van der Waals surface area contributed by atoms with Crippen LogP contribution in [0.2, 0.25) is 5.02 Å². The first-order valence-electron chi connectivity index (χ1n) is 9.25. The zero-order chi connectivity index (χ0) is 19.7. The Bertz CT molecular complexity index is 1070. The number of nitrogens with zero attached hydrogens (tertiary/aromatic N) is 2. The molecule has 1 amide bonds. The highest BCUT2D eigenvalue weighted by Crippen LogP contribution is 2.17. The number of aryl methyl sites for hydroxylation is 1. The Balaban J connectivity index is 1.36. The molecule has 0 atom stereocenters. The fourth-order valence-electron chi connectivity index (χ4n) is 3.54. The van der Waals surface area contributed by atoms with Crippen molar-refractivity contribution < 1.29 is 9.21 Å². The van der Waals surface area contributed by atoms with E-state index < -0.39 is 0 Å². The number of likely N-dealkylation sites (tertiary alicyclic amines) is 1. The molecule has 0 aliphatic carbocycles. The lowest BCUT2D eigenvalue weighted by molar-refractivity contribution is 0.0879. The lowest BCUT2D eigenvalue weighted by Gasteiger charge is -2.31. The number of halogens is 1. The zero-order valence-corrected chi connectivity index (χ0v) is 16.3. The molecule has 1 fully saturated rings. The lowest BCUT2D eigenvalue weighted by atomic mass is 10.0. The average molecular weight is 401 g/mol. The number of carbonyl (C=O) groups is 1. The SMILES string of the molecule is Cc1ccoc1C(=O)NC1CCN(Cc2nc3ccc(Cl)cc3c(=O)[nH]2)CC1. The van der Waals surface area contributed by atoms with Crippen LogP contribution in [0, 0.1) is 6.92 Å². The first-order chi connectivity index (χ1) is 13.5. The van der Waals surface area contributed by atoms with E-state index in [1.165, 1.54) is 6.26 Å². The molecule has 2 aromatic heterocycles. The molecule has 0 unspecified atom stereocenters. The van der Waals surface area contributed by atoms with Crippen molar-refractivity contribution in [2.24, 2.45) is 0 Å². The van der Waals surface area contributed by atoms with Crippen molar-refractivity contribution in [2.45, 2.75) is 32.4 Å². The summed E-state index contributed by atoms with van der Waals surface area (Å²) in [7, 11) is 0. The fraction of sp³-hybridized carbons (Fsp3) is 0.350. The van der Waals surface area contributed by atoms with Crippen molar-refractivity contribution in [3.63, 3.8) is 0 Å². The minimum atomic E-state index is -0.182. The van der Waals surface area contributed by atoms with Gasteiger partial charge in [0.1, 0.15) is 5.82 Å². The summed E-state index contributed by atoms with van der Waals surface area (Å²) in [5.41, 5.74) is 1.29. The van der Waals surface area contributed by atoms with Crippen LogP contribution in [0.15, 0.2) is 39.7 Å². The first-order valence-corrected chi connectivity index (χ1v) is 9.63. The fourth-order valence-corrected chi connectivity index (χ4v) is 3.71. The number of fused-ring (bicyclic) bond motifs is 1. The molecule has 3 heterocycles. The standard InChI is InChI=1S/C20H21ClN4O3/c1-12-6-9-28-18(12)20(27)22-14-4-7-25(8-5-14)11-17-23-16-3-2-13(21)10-15(16)19(26)24-17/h2-3,6,9-10,14H,4-5,7-8,11H2,1H3,(H,22,27)(H,23,24,26). The van der Waals surface area contributed by atoms with Crippen LogP contribution in [-0.2, 0) is 6.54 Å². The Labute approximate surface area is 166 Å². The van der Waals surface area contributed by atoms with Gasteiger partial charge in [-0.3, -0.25) is 14.5 Å². The van der Waals surface area contributed by atoms with Gasteiger partial charge in [0, 0.05) is 29.7 Å². The molecule has 3 aromatic rings. The van der Waals surface area contributed by atoms with Gasteiger partial charge in [0.05, 0.1) is 23.7 Å². The number of hydrogen-bond acceptors (Lipinski definition) is 5. The summed E-state index contributed by atoms with van der Waals surface area (Å²) in [6.07, 6.45) is 3.19. The van der Waals surface area contributed by atoms with Gasteiger partial charge in [-0.1, -0.05) is 11.6 Å². The van der Waals surface area contributed by atoms with Gasteiger partial charge in [-0.05, 0) is 44.0 Å². The van der Waals surface area contributed by atoms with E-state index >= 15 is 0 Å². The van der Waals surface area contributed by atoms with Gasteiger partial charge in [0.25, 0.3) is 11.5 Å². The van der Waals surface area contributed by atoms with Crippen LogP contribution >= 0.6 is 11.6 Å². The number of amides is 1. The highest BCUT2D eigenvalue weighted by atomic mass is 35.5. The Morgan fingerprint density at radius 1 is 1.36 bits per heavy atom. The van der Waals surface area contributed by atoms with Crippen LogP contribution in [0.3, 0.4) is 0 Å². The molecule has 8 heteroatoms. The maximum absolute atomic E-state index is 12.3. The topological polar surface area (TPSA) is 91.2 Å². The van der Waals surface area contributed by atoms with E-state index in [0.717, 1.165) is 31.5 Å². The zero-order valence-electron chi connectivity index (χ0n) is 15.5. The molecule has 0 bridgehead atoms. The lowest BCUT2D eigenvalue weighted by Crippen LogP contribution is -2.44. The average Bonchev–Trinajstić information content (AvgIpc) is 3.10. The Hall–Kier alpha value is -2.64. The first kappa shape index (κ1) is 18.7. The van der Waals surface area contributed by atoms with Gasteiger partial charge >= 0.3 is 0 Å². The van der Waals surface area contributed by atoms with E-state index in [1.807, 2.05) is 6.92 Å². The van der Waals surface area contributed by atoms with Crippen molar-refractivity contribution >= 4 is 28.4 Å². The molecule has 2 N–H and O–H groups in total. The molecular formula is C20H21ClN4O3. The second-order valence-electron chi connectivity index (χ2n) is 7.13. The number of aromatic amines is 1. The Morgan fingerprint density at radius 3 is 2.86 bits per heavy atom. The monoisotopic (exact) mass is 400 g/mol. The van der Waals surface area contributed by atoms with Gasteiger partial charge in [-0.2, -0.15) is 0 Å². The molecule has 4 rings (SSSR count). The summed E-state index contributed by atoms with van der Waals surface area (Å²) < 4.78 is 5.25. The van der Waals surface area contributed by atoms with E-state index in [1.54, 1.807) is 24.3 Å². The molecular weight excluding hydrogens is 380 g/mol. The predicted molar refractivity (Wildman–Crippen MR) is 107 cm³/mol. The molecule has 1 saturated heterocycles. The Morgan fingerprint density at radius 2 is 2.14 bits per heavy atom. The van der Waals surface area contributed by atoms with Gasteiger partial charge in [0.15, 0.2) is 5.76 Å². The van der Waals surface area contributed by atoms with E-state index in [4.69, 9.17) is 16.0 Å². The number of benzene rings is 1. The van der Waals surface area contributed by atoms with Crippen LogP contribution in [0.4, 0.5) is 0 Å². The number of nitrogens with one attached hydrogen (secondary N) is 2. The van der Waals surface area contributed by atoms with E-state index in [0.29, 0.717) is 34.1 Å². The van der Waals surface area contributed by atoms with Crippen molar-refractivity contribution in [1.29, 1.82) is 0 Å². The number of rotatable bonds is 4. The predicted octanol–water partition coefficient (Wildman–Crippen LogP) is 2.87. The molecule has 7 nitrogen and oxygen atoms in total. The summed E-state index contributed by atoms with van der Waals surface area (Å²) in [6, 6.07) is 7.01. The largest absolute Gasteiger partial charge is 0.459 e. The van der Waals surface area contributed by atoms with Crippen molar-refractivity contribution in [3.05, 3.63) is 63.1 Å². The second kappa shape index (κ2) is 7.77. The van der Waals surface area contributed by atoms with Gasteiger partial charge < -0.3 is 14.7 Å². The van der Waals surface area contributed by atoms with Crippen LogP contribution in [0.1, 0.15) is 34.8 Å². The quantitative estimate of drug-likeness (QED) is 0.702. The minimum Gasteiger partial charge on any atom is -0.459 e. The van der Waals surface area contributed by atoms with Crippen LogP contribution in [-0.4, -0.2) is 39.9 Å². The number of H-pyrrole nitrogens is 1. The van der Waals surface area contributed by atoms with E-state index in [9.17, 15) is 9.59 Å². The van der Waals surface area contributed by atoms with Gasteiger partial charge in [-0.25, -0.2) is 4.98 Å². The summed E-state index contributed by atoms with van der Waals surface area (Å²) in [6.45, 7) is 4.03. The molecule has 146 valence electrons. The van der Waals surface area contributed by atoms with E-state index in [-0.39, 0.29) is 17.5 Å². The van der Waals surface area contributed by atoms with Gasteiger partial charge in [-0.15, -0.1) is 0 Å². The molecule has 0 spiro atoms. The highest BCUT2D eigenvalue weighted by Gasteiger charge is 2.23. The summed E-state index contributed by atoms with van der Waals surface area (Å²) in [4.78, 5) is 34.2. The summed E-state index contributed by atoms with van der Waals surface area (Å²) in [5, 5.41) is 4.05. The highest BCUT2D eigenvalue weighted by molar-refractivity contribution is 6.31. The molecule has 28 heavy (non-hydrogen) atoms. The third-order valence-electron chi connectivity index (χ3n) is 5.08. The minimum absolute atomic E-state index is 0.110. The van der Waals surface area contributed by atoms with Crippen molar-refractivity contribution in [3.8, 4) is 0 Å². The normalized spacial score (nSPS) is 15.8. The number of piperidine rings is 1. The molecule has 1 aliphatic rings. The van der Waals surface area contributed by atoms with Crippen LogP contribution in [0.25, 0.3) is 10.9 Å². The second-order valence-corrected chi connectivity index (χ2v) is 7.57. The number of aromatic nitrogens is 2. The molecule has 0 radical (unpaired) electrons. The van der Waals surface area contributed by atoms with Crippen LogP contribution in [0.5, 0.6) is 0 Å². The van der Waals surface area contributed by atoms with Crippen LogP contribution < -0.4 is 10.9 Å². The number of hydrogen-bond donors (Lipinski definition) is 2. The van der Waals surface area contributed by atoms with Crippen molar-refractivity contribution in [1.82, 2.24) is 20.2 Å². The number of furan rings is 1. The van der Waals surface area contributed by atoms with E-state index in [2.05, 4.69) is 20.2 Å². The maximum atomic E-state index is 12.3. The third kappa shape index (κ3) is 3.95. The van der Waals surface area contributed by atoms with Crippen molar-refractivity contribution in [2.75, 3.05) is 13.1 Å². The molecule has 1 aromatic carbocycles. The maximum Gasteiger partial charge on any atom is 0.287 e. The summed E-state index contributed by atoms with van der Waals surface area (Å²) in [5.74, 6) is 0.842. The molecule has 1 aliphatic heterocycles. The van der Waals surface area contributed by atoms with Gasteiger partial charge in [0.2, 0.25) is 0 Å². The Kier molecular flexibility index (Phi) is 5.19. The number of carbonyl (C=O) groups excluding carboxylic acids is 1. The summed E-state index contributed by atoms with van der Waals surface area (Å²) >= 11 is 5.95. The smallest absolute Gasteiger partial charge is 0.287 e. The third-order valence-corrected chi connectivity index (χ3v) is 5.32.